The van der Waals surface area contributed by atoms with E-state index >= 15 is 0 Å². The predicted octanol–water partition coefficient (Wildman–Crippen LogP) is -4.82. The molecule has 0 fully saturated rings. The second kappa shape index (κ2) is 50.8. The fourth-order valence-electron chi connectivity index (χ4n) is 0. The molecule has 0 atom stereocenters. The fourth-order valence-corrected chi connectivity index (χ4v) is 0. The van der Waals surface area contributed by atoms with Crippen LogP contribution in [0.2, 0.25) is 0 Å². The average molecular weight is 127 g/mol. The Bertz CT molecular complexity index is 6.85. The van der Waals surface area contributed by atoms with E-state index in [9.17, 15) is 0 Å². The normalized spacial score (nSPS) is 0. The molecule has 0 aromatic carbocycles. The van der Waals surface area contributed by atoms with Crippen molar-refractivity contribution in [2.45, 2.75) is 0 Å². The summed E-state index contributed by atoms with van der Waals surface area (Å²) in [5, 5.41) is 0. The van der Waals surface area contributed by atoms with E-state index < -0.39 is 0 Å². The molecule has 5 heavy (non-hydrogen) atoms. The Hall–Kier alpha value is 1.46. The van der Waals surface area contributed by atoms with E-state index in [-0.39, 0.29) is 64.5 Å². The van der Waals surface area contributed by atoms with Crippen LogP contribution in [0.15, 0.2) is 0 Å². The summed E-state index contributed by atoms with van der Waals surface area (Å²) in [7, 11) is 0. The molecule has 1 radical (unpaired) electrons. The van der Waals surface area contributed by atoms with Crippen LogP contribution in [-0.2, 0) is 18.6 Å². The first kappa shape index (κ1) is 90.0. The Labute approximate surface area is 64.2 Å². The van der Waals surface area contributed by atoms with Crippen molar-refractivity contribution in [3.63, 3.8) is 0 Å². The van der Waals surface area contributed by atoms with Crippen molar-refractivity contribution in [2.75, 3.05) is 0 Å². The molecular weight excluding hydrogens is 122 g/mol. The molecule has 0 aliphatic heterocycles. The molecule has 0 aromatic heterocycles. The van der Waals surface area contributed by atoms with E-state index in [4.69, 9.17) is 0 Å². The van der Waals surface area contributed by atoms with Gasteiger partial charge < -0.3 is 16.4 Å². The third-order valence-corrected chi connectivity index (χ3v) is 0. The molecule has 0 aromatic rings. The first-order chi connectivity index (χ1) is 0. The molecule has 0 amide bonds. The Morgan fingerprint density at radius 2 is 0.800 bits per heavy atom. The summed E-state index contributed by atoms with van der Waals surface area (Å²) in [6, 6.07) is 0. The Morgan fingerprint density at radius 1 is 0.800 bits per heavy atom. The maximum Gasteiger partial charge on any atom is 1.00 e. The molecule has 0 aliphatic carbocycles. The second-order valence-electron chi connectivity index (χ2n) is 0. The van der Waals surface area contributed by atoms with E-state index in [1.807, 2.05) is 0 Å². The first-order valence-corrected chi connectivity index (χ1v) is 0. The molecule has 3 nitrogen and oxygen atoms in total. The van der Waals surface area contributed by atoms with Crippen LogP contribution in [0.25, 0.3) is 0 Å². The third kappa shape index (κ3) is 30.6. The summed E-state index contributed by atoms with van der Waals surface area (Å²) in [6.07, 6.45) is 0. The van der Waals surface area contributed by atoms with Crippen LogP contribution in [-0.4, -0.2) is 16.4 Å². The number of hydrogen-bond donors (Lipinski definition) is 0. The molecule has 0 unspecified atom stereocenters. The molecule has 0 aliphatic rings. The van der Waals surface area contributed by atoms with E-state index in [0.717, 1.165) is 0 Å². The molecule has 0 spiro atoms. The van der Waals surface area contributed by atoms with Crippen molar-refractivity contribution in [1.82, 2.24) is 0 Å². The van der Waals surface area contributed by atoms with Gasteiger partial charge in [-0.05, 0) is 0 Å². The van der Waals surface area contributed by atoms with Gasteiger partial charge in [0.2, 0.25) is 0 Å². The van der Waals surface area contributed by atoms with Gasteiger partial charge in [0, 0.05) is 18.6 Å². The molecule has 0 rings (SSSR count). The van der Waals surface area contributed by atoms with Gasteiger partial charge in [0.15, 0.2) is 0 Å². The molecular formula is H5NaO3V. The maximum absolute atomic E-state index is 0. The summed E-state index contributed by atoms with van der Waals surface area (Å²) in [5.41, 5.74) is 0. The van der Waals surface area contributed by atoms with Crippen molar-refractivity contribution < 1.29 is 64.5 Å². The average Bonchev–Trinajstić information content (AvgIpc) is 0. The van der Waals surface area contributed by atoms with Crippen LogP contribution in [0.1, 0.15) is 0 Å². The smallest absolute Gasteiger partial charge is 0.870 e. The van der Waals surface area contributed by atoms with Gasteiger partial charge in [-0.3, -0.25) is 0 Å². The van der Waals surface area contributed by atoms with Gasteiger partial charge in [0.05, 0.1) is 0 Å². The van der Waals surface area contributed by atoms with Gasteiger partial charge in [-0.2, -0.15) is 0 Å². The van der Waals surface area contributed by atoms with Gasteiger partial charge in [-0.15, -0.1) is 0 Å². The largest absolute Gasteiger partial charge is 1.00 e. The summed E-state index contributed by atoms with van der Waals surface area (Å²) in [6.45, 7) is 0. The van der Waals surface area contributed by atoms with Crippen molar-refractivity contribution in [3.05, 3.63) is 0 Å². The van der Waals surface area contributed by atoms with E-state index in [1.165, 1.54) is 0 Å². The molecule has 0 saturated carbocycles. The van der Waals surface area contributed by atoms with Gasteiger partial charge in [0.25, 0.3) is 0 Å². The van der Waals surface area contributed by atoms with Gasteiger partial charge in [-0.25, -0.2) is 0 Å². The van der Waals surface area contributed by atoms with Gasteiger partial charge >= 0.3 is 29.6 Å². The first-order valence-electron chi connectivity index (χ1n) is 0. The van der Waals surface area contributed by atoms with E-state index in [0.29, 0.717) is 0 Å². The van der Waals surface area contributed by atoms with Crippen LogP contribution in [0.4, 0.5) is 0 Å². The molecule has 5 N–H and O–H groups in total. The van der Waals surface area contributed by atoms with Crippen LogP contribution < -0.4 is 29.6 Å². The Balaban J connectivity index is 0. The monoisotopic (exact) mass is 127 g/mol. The minimum absolute atomic E-state index is 0. The SMILES string of the molecule is O.O.[Na+].[OH-].[V]. The Morgan fingerprint density at radius 3 is 0.800 bits per heavy atom. The second-order valence-corrected chi connectivity index (χ2v) is 0. The molecule has 5 heteroatoms. The van der Waals surface area contributed by atoms with Crippen LogP contribution in [0.3, 0.4) is 0 Å². The topological polar surface area (TPSA) is 93.0 Å². The number of rotatable bonds is 0. The maximum atomic E-state index is 0. The summed E-state index contributed by atoms with van der Waals surface area (Å²) < 4.78 is 0. The summed E-state index contributed by atoms with van der Waals surface area (Å²) in [4.78, 5) is 0. The van der Waals surface area contributed by atoms with Crippen molar-refractivity contribution >= 4 is 0 Å². The minimum atomic E-state index is 0. The summed E-state index contributed by atoms with van der Waals surface area (Å²) >= 11 is 0. The van der Waals surface area contributed by atoms with E-state index in [1.54, 1.807) is 0 Å². The van der Waals surface area contributed by atoms with Crippen molar-refractivity contribution in [3.8, 4) is 0 Å². The third-order valence-electron chi connectivity index (χ3n) is 0. The van der Waals surface area contributed by atoms with Crippen LogP contribution in [0.5, 0.6) is 0 Å². The van der Waals surface area contributed by atoms with E-state index in [2.05, 4.69) is 0 Å². The molecule has 0 saturated heterocycles. The summed E-state index contributed by atoms with van der Waals surface area (Å²) in [5.74, 6) is 0. The van der Waals surface area contributed by atoms with Gasteiger partial charge in [-0.1, -0.05) is 0 Å². The van der Waals surface area contributed by atoms with Crippen molar-refractivity contribution in [1.29, 1.82) is 0 Å². The fraction of sp³-hybridized carbons (Fsp3) is 0. The van der Waals surface area contributed by atoms with Crippen LogP contribution in [0, 0.1) is 0 Å². The predicted molar refractivity (Wildman–Crippen MR) is 9.16 cm³/mol. The van der Waals surface area contributed by atoms with Crippen LogP contribution >= 0.6 is 0 Å². The zero-order valence-corrected chi connectivity index (χ0v) is 6.29. The Kier molecular flexibility index (Phi) is 914. The minimum Gasteiger partial charge on any atom is -0.870 e. The van der Waals surface area contributed by atoms with Gasteiger partial charge in [0.1, 0.15) is 0 Å². The number of hydrogen-bond acceptors (Lipinski definition) is 1. The molecule has 0 heterocycles. The molecule has 0 bridgehead atoms. The zero-order valence-electron chi connectivity index (χ0n) is 2.89. The molecule has 29 valence electrons. The quantitative estimate of drug-likeness (QED) is 0.300. The van der Waals surface area contributed by atoms with Crippen molar-refractivity contribution in [2.24, 2.45) is 0 Å². The standard InChI is InChI=1S/Na.3H2O.V/h;3*1H2;/q+1;;;;/p-1. The zero-order chi connectivity index (χ0) is 0.